The van der Waals surface area contributed by atoms with E-state index in [1.165, 1.54) is 14.2 Å². The van der Waals surface area contributed by atoms with E-state index in [0.717, 1.165) is 0 Å². The van der Waals surface area contributed by atoms with Crippen LogP contribution in [0, 0.1) is 0 Å². The average molecular weight is 284 g/mol. The van der Waals surface area contributed by atoms with Crippen LogP contribution in [-0.4, -0.2) is 32.1 Å². The molecule has 4 nitrogen and oxygen atoms in total. The van der Waals surface area contributed by atoms with E-state index in [9.17, 15) is 9.59 Å². The third-order valence-corrected chi connectivity index (χ3v) is 3.12. The molecule has 0 fully saturated rings. The molecule has 0 aliphatic rings. The van der Waals surface area contributed by atoms with Gasteiger partial charge >= 0.3 is 0 Å². The molecule has 21 heavy (non-hydrogen) atoms. The van der Waals surface area contributed by atoms with Crippen LogP contribution >= 0.6 is 0 Å². The van der Waals surface area contributed by atoms with Gasteiger partial charge in [0.15, 0.2) is 5.78 Å². The van der Waals surface area contributed by atoms with E-state index in [4.69, 9.17) is 9.47 Å². The number of carbonyl (C=O) groups excluding carboxylic acids is 2. The molecule has 0 aliphatic carbocycles. The molecular formula is C17H16O4. The van der Waals surface area contributed by atoms with Crippen LogP contribution in [0.25, 0.3) is 0 Å². The first kappa shape index (κ1) is 15.1. The largest absolute Gasteiger partial charge is 0.349 e. The normalized spacial score (nSPS) is 10.6. The Kier molecular flexibility index (Phi) is 4.98. The summed E-state index contributed by atoms with van der Waals surface area (Å²) in [6.07, 6.45) is -1.02. The Labute approximate surface area is 123 Å². The van der Waals surface area contributed by atoms with E-state index in [1.807, 2.05) is 6.07 Å². The lowest BCUT2D eigenvalue weighted by Crippen LogP contribution is -2.26. The number of hydrogen-bond donors (Lipinski definition) is 0. The van der Waals surface area contributed by atoms with Crippen LogP contribution in [0.4, 0.5) is 0 Å². The number of Topliss-reactive ketones (excluding diaryl/α,β-unsaturated/α-hetero) is 1. The minimum atomic E-state index is -1.02. The van der Waals surface area contributed by atoms with Crippen molar-refractivity contribution in [2.24, 2.45) is 0 Å². The van der Waals surface area contributed by atoms with Gasteiger partial charge in [0.05, 0.1) is 0 Å². The molecule has 2 aromatic rings. The lowest BCUT2D eigenvalue weighted by molar-refractivity contribution is -0.0742. The highest BCUT2D eigenvalue weighted by atomic mass is 16.7. The Morgan fingerprint density at radius 3 is 1.90 bits per heavy atom. The fourth-order valence-corrected chi connectivity index (χ4v) is 2.08. The molecule has 0 spiro atoms. The third-order valence-electron chi connectivity index (χ3n) is 3.12. The molecule has 2 aromatic carbocycles. The van der Waals surface area contributed by atoms with Crippen LogP contribution in [-0.2, 0) is 9.47 Å². The molecule has 0 radical (unpaired) electrons. The summed E-state index contributed by atoms with van der Waals surface area (Å²) in [6.45, 7) is 0. The van der Waals surface area contributed by atoms with Crippen LogP contribution in [0.5, 0.6) is 0 Å². The van der Waals surface area contributed by atoms with Crippen molar-refractivity contribution in [2.75, 3.05) is 14.2 Å². The van der Waals surface area contributed by atoms with Gasteiger partial charge in [0.2, 0.25) is 12.1 Å². The second-order valence-electron chi connectivity index (χ2n) is 4.41. The first-order valence-corrected chi connectivity index (χ1v) is 6.47. The van der Waals surface area contributed by atoms with Crippen LogP contribution < -0.4 is 0 Å². The summed E-state index contributed by atoms with van der Waals surface area (Å²) in [6, 6.07) is 15.5. The molecule has 0 atom stereocenters. The zero-order valence-corrected chi connectivity index (χ0v) is 11.9. The zero-order valence-electron chi connectivity index (χ0n) is 11.9. The molecular weight excluding hydrogens is 268 g/mol. The van der Waals surface area contributed by atoms with Crippen LogP contribution in [0.2, 0.25) is 0 Å². The zero-order chi connectivity index (χ0) is 15.2. The van der Waals surface area contributed by atoms with Crippen molar-refractivity contribution in [3.63, 3.8) is 0 Å². The van der Waals surface area contributed by atoms with Crippen molar-refractivity contribution in [1.29, 1.82) is 0 Å². The maximum Gasteiger partial charge on any atom is 0.222 e. The van der Waals surface area contributed by atoms with Crippen molar-refractivity contribution in [2.45, 2.75) is 6.29 Å². The van der Waals surface area contributed by atoms with Gasteiger partial charge in [-0.1, -0.05) is 54.6 Å². The SMILES string of the molecule is COC(OC)C(=O)c1ccccc1C(=O)c1ccccc1. The molecule has 0 saturated heterocycles. The maximum atomic E-state index is 12.5. The van der Waals surface area contributed by atoms with Gasteiger partial charge in [-0.25, -0.2) is 0 Å². The number of rotatable bonds is 6. The number of ketones is 2. The van der Waals surface area contributed by atoms with Gasteiger partial charge in [-0.2, -0.15) is 0 Å². The maximum absolute atomic E-state index is 12.5. The molecule has 0 heterocycles. The highest BCUT2D eigenvalue weighted by Gasteiger charge is 2.24. The molecule has 0 amide bonds. The second kappa shape index (κ2) is 6.92. The number of hydrogen-bond acceptors (Lipinski definition) is 4. The van der Waals surface area contributed by atoms with Gasteiger partial charge in [-0.05, 0) is 0 Å². The van der Waals surface area contributed by atoms with E-state index in [0.29, 0.717) is 16.7 Å². The Hall–Kier alpha value is -2.30. The molecule has 108 valence electrons. The van der Waals surface area contributed by atoms with Crippen molar-refractivity contribution in [3.05, 3.63) is 71.3 Å². The lowest BCUT2D eigenvalue weighted by Gasteiger charge is -2.14. The monoisotopic (exact) mass is 284 g/mol. The summed E-state index contributed by atoms with van der Waals surface area (Å²) in [4.78, 5) is 24.9. The van der Waals surface area contributed by atoms with Crippen LogP contribution in [0.15, 0.2) is 54.6 Å². The van der Waals surface area contributed by atoms with Gasteiger partial charge in [0, 0.05) is 30.9 Å². The topological polar surface area (TPSA) is 52.6 Å². The molecule has 0 aromatic heterocycles. The highest BCUT2D eigenvalue weighted by molar-refractivity contribution is 6.16. The summed E-state index contributed by atoms with van der Waals surface area (Å²) in [5.74, 6) is -0.578. The highest BCUT2D eigenvalue weighted by Crippen LogP contribution is 2.17. The van der Waals surface area contributed by atoms with Crippen LogP contribution in [0.3, 0.4) is 0 Å². The molecule has 0 unspecified atom stereocenters. The number of carbonyl (C=O) groups is 2. The van der Waals surface area contributed by atoms with Crippen molar-refractivity contribution < 1.29 is 19.1 Å². The molecule has 0 N–H and O–H groups in total. The van der Waals surface area contributed by atoms with Gasteiger partial charge in [0.1, 0.15) is 0 Å². The summed E-state index contributed by atoms with van der Waals surface area (Å²) < 4.78 is 9.95. The summed E-state index contributed by atoms with van der Waals surface area (Å²) in [7, 11) is 2.77. The molecule has 0 bridgehead atoms. The summed E-state index contributed by atoms with van der Waals surface area (Å²) >= 11 is 0. The lowest BCUT2D eigenvalue weighted by atomic mass is 9.96. The van der Waals surface area contributed by atoms with Gasteiger partial charge in [0.25, 0.3) is 0 Å². The van der Waals surface area contributed by atoms with Crippen molar-refractivity contribution in [1.82, 2.24) is 0 Å². The predicted molar refractivity (Wildman–Crippen MR) is 78.5 cm³/mol. The molecule has 0 aliphatic heterocycles. The number of methoxy groups -OCH3 is 2. The fraction of sp³-hybridized carbons (Fsp3) is 0.176. The summed E-state index contributed by atoms with van der Waals surface area (Å²) in [5.41, 5.74) is 1.16. The molecule has 0 saturated carbocycles. The first-order valence-electron chi connectivity index (χ1n) is 6.47. The molecule has 4 heteroatoms. The van der Waals surface area contributed by atoms with E-state index >= 15 is 0 Å². The van der Waals surface area contributed by atoms with E-state index in [2.05, 4.69) is 0 Å². The standard InChI is InChI=1S/C17H16O4/c1-20-17(21-2)16(19)14-11-7-6-10-13(14)15(18)12-8-4-3-5-9-12/h3-11,17H,1-2H3. The van der Waals surface area contributed by atoms with Crippen molar-refractivity contribution in [3.8, 4) is 0 Å². The quantitative estimate of drug-likeness (QED) is 0.604. The van der Waals surface area contributed by atoms with E-state index < -0.39 is 6.29 Å². The van der Waals surface area contributed by atoms with E-state index in [1.54, 1.807) is 48.5 Å². The Morgan fingerprint density at radius 2 is 1.33 bits per heavy atom. The first-order chi connectivity index (χ1) is 10.2. The van der Waals surface area contributed by atoms with Gasteiger partial charge in [-0.15, -0.1) is 0 Å². The fourth-order valence-electron chi connectivity index (χ4n) is 2.08. The minimum Gasteiger partial charge on any atom is -0.349 e. The Morgan fingerprint density at radius 1 is 0.810 bits per heavy atom. The van der Waals surface area contributed by atoms with E-state index in [-0.39, 0.29) is 11.6 Å². The molecule has 2 rings (SSSR count). The minimum absolute atomic E-state index is 0.203. The second-order valence-corrected chi connectivity index (χ2v) is 4.41. The number of ether oxygens (including phenoxy) is 2. The van der Waals surface area contributed by atoms with Gasteiger partial charge < -0.3 is 9.47 Å². The Bertz CT molecular complexity index is 630. The van der Waals surface area contributed by atoms with Gasteiger partial charge in [-0.3, -0.25) is 9.59 Å². The summed E-state index contributed by atoms with van der Waals surface area (Å²) in [5, 5.41) is 0. The average Bonchev–Trinajstić information content (AvgIpc) is 2.56. The smallest absolute Gasteiger partial charge is 0.222 e. The van der Waals surface area contributed by atoms with Crippen molar-refractivity contribution >= 4 is 11.6 Å². The Balaban J connectivity index is 2.42. The van der Waals surface area contributed by atoms with Crippen LogP contribution in [0.1, 0.15) is 26.3 Å². The predicted octanol–water partition coefficient (Wildman–Crippen LogP) is 2.72. The number of benzene rings is 2. The third kappa shape index (κ3) is 3.24.